The van der Waals surface area contributed by atoms with Crippen molar-refractivity contribution < 1.29 is 0 Å². The number of allylic oxidation sites excluding steroid dienone is 2. The van der Waals surface area contributed by atoms with Crippen LogP contribution >= 0.6 is 15.9 Å². The van der Waals surface area contributed by atoms with Gasteiger partial charge in [-0.05, 0) is 33.7 Å². The first-order valence-corrected chi connectivity index (χ1v) is 4.13. The van der Waals surface area contributed by atoms with Crippen LogP contribution in [0.1, 0.15) is 20.3 Å². The second-order valence-electron chi connectivity index (χ2n) is 3.43. The van der Waals surface area contributed by atoms with E-state index in [0.717, 1.165) is 0 Å². The van der Waals surface area contributed by atoms with Crippen LogP contribution in [0.3, 0.4) is 0 Å². The topological polar surface area (TPSA) is 23.8 Å². The number of hydrogen-bond acceptors (Lipinski definition) is 1. The van der Waals surface area contributed by atoms with E-state index in [1.807, 2.05) is 6.08 Å². The molecule has 0 aromatic heterocycles. The number of halogens is 1. The lowest BCUT2D eigenvalue weighted by Gasteiger charge is -1.94. The first-order valence-electron chi connectivity index (χ1n) is 3.34. The number of hydrogen-bond donors (Lipinski definition) is 0. The molecule has 1 aliphatic carbocycles. The highest BCUT2D eigenvalue weighted by molar-refractivity contribution is 9.12. The summed E-state index contributed by atoms with van der Waals surface area (Å²) in [6, 6.07) is 2.05. The van der Waals surface area contributed by atoms with Crippen molar-refractivity contribution in [3.63, 3.8) is 0 Å². The Morgan fingerprint density at radius 3 is 2.60 bits per heavy atom. The Bertz CT molecular complexity index is 210. The predicted octanol–water partition coefficient (Wildman–Crippen LogP) is 2.83. The molecule has 0 heterocycles. The van der Waals surface area contributed by atoms with E-state index in [9.17, 15) is 0 Å². The smallest absolute Gasteiger partial charge is 0.106 e. The average Bonchev–Trinajstić information content (AvgIpc) is 2.40. The van der Waals surface area contributed by atoms with E-state index in [2.05, 4.69) is 35.8 Å². The zero-order valence-electron chi connectivity index (χ0n) is 6.19. The molecule has 0 N–H and O–H groups in total. The Morgan fingerprint density at radius 1 is 1.80 bits per heavy atom. The highest BCUT2D eigenvalue weighted by Gasteiger charge is 2.43. The van der Waals surface area contributed by atoms with Crippen molar-refractivity contribution in [2.75, 3.05) is 0 Å². The van der Waals surface area contributed by atoms with Crippen LogP contribution in [0, 0.1) is 22.7 Å². The van der Waals surface area contributed by atoms with Gasteiger partial charge in [-0.2, -0.15) is 5.26 Å². The Hall–Kier alpha value is -0.290. The van der Waals surface area contributed by atoms with Crippen LogP contribution < -0.4 is 0 Å². The van der Waals surface area contributed by atoms with Gasteiger partial charge in [-0.15, -0.1) is 0 Å². The molecule has 2 heteroatoms. The molecule has 1 nitrogen and oxygen atoms in total. The van der Waals surface area contributed by atoms with Crippen LogP contribution in [0.4, 0.5) is 0 Å². The Kier molecular flexibility index (Phi) is 1.87. The summed E-state index contributed by atoms with van der Waals surface area (Å²) in [6.07, 6.45) is 3.21. The Morgan fingerprint density at radius 2 is 2.30 bits per heavy atom. The zero-order chi connectivity index (χ0) is 7.78. The van der Waals surface area contributed by atoms with Crippen molar-refractivity contribution in [2.45, 2.75) is 20.3 Å². The molecule has 0 aromatic carbocycles. The molecule has 0 radical (unpaired) electrons. The normalized spacial score (nSPS) is 29.4. The molecule has 0 amide bonds. The molecule has 1 fully saturated rings. The molecule has 0 aromatic rings. The number of rotatable bonds is 1. The molecule has 1 aliphatic rings. The maximum atomic E-state index is 8.42. The van der Waals surface area contributed by atoms with Crippen LogP contribution in [-0.4, -0.2) is 0 Å². The van der Waals surface area contributed by atoms with Gasteiger partial charge in [0.1, 0.15) is 6.07 Å². The molecular formula is C8H10BrN. The van der Waals surface area contributed by atoms with Gasteiger partial charge >= 0.3 is 0 Å². The number of nitrogens with zero attached hydrogens (tertiary/aromatic N) is 1. The Balaban J connectivity index is 2.52. The minimum absolute atomic E-state index is 0.440. The zero-order valence-corrected chi connectivity index (χ0v) is 7.77. The molecule has 1 rings (SSSR count). The predicted molar refractivity (Wildman–Crippen MR) is 44.5 cm³/mol. The van der Waals surface area contributed by atoms with Gasteiger partial charge in [-0.25, -0.2) is 0 Å². The Labute approximate surface area is 69.9 Å². The van der Waals surface area contributed by atoms with Crippen LogP contribution in [0.5, 0.6) is 0 Å². The van der Waals surface area contributed by atoms with E-state index in [0.29, 0.717) is 15.8 Å². The summed E-state index contributed by atoms with van der Waals surface area (Å²) in [5, 5.41) is 8.42. The van der Waals surface area contributed by atoms with Crippen LogP contribution in [0.2, 0.25) is 0 Å². The summed E-state index contributed by atoms with van der Waals surface area (Å²) in [7, 11) is 0. The molecule has 1 saturated carbocycles. The fraction of sp³-hybridized carbons (Fsp3) is 0.625. The van der Waals surface area contributed by atoms with Crippen molar-refractivity contribution in [1.82, 2.24) is 0 Å². The van der Waals surface area contributed by atoms with Gasteiger partial charge < -0.3 is 0 Å². The second-order valence-corrected chi connectivity index (χ2v) is 4.28. The molecule has 1 atom stereocenters. The van der Waals surface area contributed by atoms with Gasteiger partial charge in [0.15, 0.2) is 0 Å². The van der Waals surface area contributed by atoms with Gasteiger partial charge in [0.25, 0.3) is 0 Å². The van der Waals surface area contributed by atoms with Gasteiger partial charge in [-0.3, -0.25) is 0 Å². The largest absolute Gasteiger partial charge is 0.192 e. The summed E-state index contributed by atoms with van der Waals surface area (Å²) in [6.45, 7) is 4.43. The molecule has 0 aliphatic heterocycles. The van der Waals surface area contributed by atoms with Crippen molar-refractivity contribution in [1.29, 1.82) is 5.26 Å². The molecule has 54 valence electrons. The van der Waals surface area contributed by atoms with Crippen molar-refractivity contribution in [3.8, 4) is 6.07 Å². The summed E-state index contributed by atoms with van der Waals surface area (Å²) >= 11 is 3.17. The highest BCUT2D eigenvalue weighted by atomic mass is 79.9. The maximum absolute atomic E-state index is 8.42. The van der Waals surface area contributed by atoms with Gasteiger partial charge in [0.2, 0.25) is 0 Å². The summed E-state index contributed by atoms with van der Waals surface area (Å²) < 4.78 is 0.670. The fourth-order valence-electron chi connectivity index (χ4n) is 1.01. The van der Waals surface area contributed by atoms with Crippen LogP contribution in [-0.2, 0) is 0 Å². The van der Waals surface area contributed by atoms with Gasteiger partial charge in [0, 0.05) is 0 Å². The third-order valence-corrected chi connectivity index (χ3v) is 2.49. The SMILES string of the molecule is CC1(C)CC1C=C(Br)C#N. The van der Waals surface area contributed by atoms with E-state index in [1.165, 1.54) is 6.42 Å². The molecule has 0 saturated heterocycles. The highest BCUT2D eigenvalue weighted by Crippen LogP contribution is 2.53. The van der Waals surface area contributed by atoms with Crippen molar-refractivity contribution >= 4 is 15.9 Å². The first-order chi connectivity index (χ1) is 4.56. The molecular weight excluding hydrogens is 190 g/mol. The first kappa shape index (κ1) is 7.81. The van der Waals surface area contributed by atoms with E-state index in [1.54, 1.807) is 0 Å². The average molecular weight is 200 g/mol. The minimum Gasteiger partial charge on any atom is -0.192 e. The maximum Gasteiger partial charge on any atom is 0.106 e. The third kappa shape index (κ3) is 1.60. The lowest BCUT2D eigenvalue weighted by molar-refractivity contribution is 0.610. The number of nitriles is 1. The fourth-order valence-corrected chi connectivity index (χ4v) is 1.33. The van der Waals surface area contributed by atoms with Crippen molar-refractivity contribution in [3.05, 3.63) is 10.6 Å². The quantitative estimate of drug-likeness (QED) is 0.597. The van der Waals surface area contributed by atoms with E-state index < -0.39 is 0 Å². The summed E-state index contributed by atoms with van der Waals surface area (Å²) in [5.41, 5.74) is 0.440. The molecule has 10 heavy (non-hydrogen) atoms. The monoisotopic (exact) mass is 199 g/mol. The second kappa shape index (κ2) is 2.39. The standard InChI is InChI=1S/C8H10BrN/c1-8(2)4-6(8)3-7(9)5-10/h3,6H,4H2,1-2H3. The van der Waals surface area contributed by atoms with Crippen molar-refractivity contribution in [2.24, 2.45) is 11.3 Å². The summed E-state index contributed by atoms with van der Waals surface area (Å²) in [5.74, 6) is 0.613. The van der Waals surface area contributed by atoms with E-state index in [4.69, 9.17) is 5.26 Å². The van der Waals surface area contributed by atoms with Crippen LogP contribution in [0.25, 0.3) is 0 Å². The lowest BCUT2D eigenvalue weighted by Crippen LogP contribution is -1.85. The minimum atomic E-state index is 0.440. The van der Waals surface area contributed by atoms with E-state index in [-0.39, 0.29) is 0 Å². The summed E-state index contributed by atoms with van der Waals surface area (Å²) in [4.78, 5) is 0. The van der Waals surface area contributed by atoms with Gasteiger partial charge in [-0.1, -0.05) is 19.9 Å². The molecule has 0 spiro atoms. The molecule has 1 unspecified atom stereocenters. The third-order valence-electron chi connectivity index (χ3n) is 2.04. The van der Waals surface area contributed by atoms with Crippen LogP contribution in [0.15, 0.2) is 10.6 Å². The lowest BCUT2D eigenvalue weighted by atomic mass is 10.1. The van der Waals surface area contributed by atoms with E-state index >= 15 is 0 Å². The molecule has 0 bridgehead atoms. The van der Waals surface area contributed by atoms with Gasteiger partial charge in [0.05, 0.1) is 4.48 Å².